The number of benzene rings is 2. The maximum absolute atomic E-state index is 10.8. The van der Waals surface area contributed by atoms with Gasteiger partial charge in [-0.15, -0.1) is 0 Å². The van der Waals surface area contributed by atoms with Gasteiger partial charge in [-0.25, -0.2) is 0 Å². The predicted octanol–water partition coefficient (Wildman–Crippen LogP) is 4.32. The standard InChI is InChI=1S/C23H25NO3/c1-26-21-13-18-17-5-3-4-6-20(17)24-23(19(18)14-22(21)27-2)16-9-7-15(8-10-16)11-12-25/h7-10,12-14,17,20H,3-6,11H2,1-2H3/t17-,20-/m1/s1. The molecule has 4 nitrogen and oxygen atoms in total. The van der Waals surface area contributed by atoms with Crippen LogP contribution in [0.5, 0.6) is 11.5 Å². The number of carbonyl (C=O) groups excluding carboxylic acids is 1. The van der Waals surface area contributed by atoms with E-state index in [1.165, 1.54) is 24.8 Å². The molecule has 0 saturated heterocycles. The average molecular weight is 363 g/mol. The minimum atomic E-state index is 0.328. The summed E-state index contributed by atoms with van der Waals surface area (Å²) in [7, 11) is 3.35. The molecule has 2 aromatic rings. The Balaban J connectivity index is 1.84. The quantitative estimate of drug-likeness (QED) is 0.743. The van der Waals surface area contributed by atoms with Gasteiger partial charge in [0.2, 0.25) is 0 Å². The lowest BCUT2D eigenvalue weighted by Gasteiger charge is -2.35. The number of hydrogen-bond acceptors (Lipinski definition) is 4. The van der Waals surface area contributed by atoms with Crippen molar-refractivity contribution in [3.05, 3.63) is 58.7 Å². The highest BCUT2D eigenvalue weighted by Crippen LogP contribution is 2.44. The van der Waals surface area contributed by atoms with Gasteiger partial charge in [-0.3, -0.25) is 4.99 Å². The maximum atomic E-state index is 10.8. The largest absolute Gasteiger partial charge is 0.493 e. The molecule has 4 rings (SSSR count). The van der Waals surface area contributed by atoms with Crippen molar-refractivity contribution in [2.24, 2.45) is 4.99 Å². The summed E-state index contributed by atoms with van der Waals surface area (Å²) < 4.78 is 11.1. The number of aldehydes is 1. The molecule has 140 valence electrons. The molecule has 0 N–H and O–H groups in total. The van der Waals surface area contributed by atoms with Crippen molar-refractivity contribution in [3.63, 3.8) is 0 Å². The van der Waals surface area contributed by atoms with Crippen molar-refractivity contribution in [2.45, 2.75) is 44.1 Å². The van der Waals surface area contributed by atoms with Crippen LogP contribution in [-0.4, -0.2) is 32.3 Å². The molecule has 0 spiro atoms. The highest BCUT2D eigenvalue weighted by molar-refractivity contribution is 6.15. The summed E-state index contributed by atoms with van der Waals surface area (Å²) in [5, 5.41) is 0. The summed E-state index contributed by atoms with van der Waals surface area (Å²) >= 11 is 0. The van der Waals surface area contributed by atoms with E-state index in [9.17, 15) is 4.79 Å². The van der Waals surface area contributed by atoms with Crippen molar-refractivity contribution in [3.8, 4) is 11.5 Å². The number of nitrogens with zero attached hydrogens (tertiary/aromatic N) is 1. The van der Waals surface area contributed by atoms with Crippen molar-refractivity contribution in [1.29, 1.82) is 0 Å². The molecule has 2 atom stereocenters. The Labute approximate surface area is 160 Å². The molecule has 0 unspecified atom stereocenters. The Kier molecular flexibility index (Phi) is 4.97. The van der Waals surface area contributed by atoms with Gasteiger partial charge in [0, 0.05) is 23.5 Å². The molecule has 0 radical (unpaired) electrons. The van der Waals surface area contributed by atoms with Crippen LogP contribution < -0.4 is 9.47 Å². The fourth-order valence-corrected chi connectivity index (χ4v) is 4.40. The molecule has 4 heteroatoms. The normalized spacial score (nSPS) is 20.9. The van der Waals surface area contributed by atoms with Crippen molar-refractivity contribution in [1.82, 2.24) is 0 Å². The number of rotatable bonds is 5. The van der Waals surface area contributed by atoms with E-state index in [1.54, 1.807) is 14.2 Å². The fourth-order valence-electron chi connectivity index (χ4n) is 4.40. The molecule has 0 aromatic heterocycles. The van der Waals surface area contributed by atoms with Gasteiger partial charge >= 0.3 is 0 Å². The van der Waals surface area contributed by atoms with Crippen LogP contribution in [0.2, 0.25) is 0 Å². The minimum absolute atomic E-state index is 0.328. The molecular formula is C23H25NO3. The van der Waals surface area contributed by atoms with Crippen molar-refractivity contribution < 1.29 is 14.3 Å². The number of ether oxygens (including phenoxy) is 2. The maximum Gasteiger partial charge on any atom is 0.161 e. The van der Waals surface area contributed by atoms with E-state index >= 15 is 0 Å². The molecule has 0 bridgehead atoms. The van der Waals surface area contributed by atoms with Crippen LogP contribution in [0.15, 0.2) is 41.4 Å². The van der Waals surface area contributed by atoms with Crippen LogP contribution in [0.3, 0.4) is 0 Å². The molecule has 2 aromatic carbocycles. The van der Waals surface area contributed by atoms with E-state index in [0.29, 0.717) is 18.4 Å². The van der Waals surface area contributed by atoms with Gasteiger partial charge in [-0.05, 0) is 36.1 Å². The lowest BCUT2D eigenvalue weighted by Crippen LogP contribution is -2.29. The first kappa shape index (κ1) is 17.8. The minimum Gasteiger partial charge on any atom is -0.493 e. The summed E-state index contributed by atoms with van der Waals surface area (Å²) in [5.41, 5.74) is 5.58. The Hall–Kier alpha value is -2.62. The Morgan fingerprint density at radius 1 is 1.04 bits per heavy atom. The van der Waals surface area contributed by atoms with Gasteiger partial charge in [0.05, 0.1) is 26.0 Å². The molecule has 1 aliphatic carbocycles. The van der Waals surface area contributed by atoms with Gasteiger partial charge in [-0.1, -0.05) is 37.1 Å². The van der Waals surface area contributed by atoms with Crippen LogP contribution in [0, 0.1) is 0 Å². The van der Waals surface area contributed by atoms with E-state index in [4.69, 9.17) is 14.5 Å². The molecule has 27 heavy (non-hydrogen) atoms. The summed E-state index contributed by atoms with van der Waals surface area (Å²) in [6, 6.07) is 12.7. The second-order valence-corrected chi connectivity index (χ2v) is 7.30. The zero-order chi connectivity index (χ0) is 18.8. The van der Waals surface area contributed by atoms with Crippen LogP contribution in [0.4, 0.5) is 0 Å². The predicted molar refractivity (Wildman–Crippen MR) is 106 cm³/mol. The van der Waals surface area contributed by atoms with Crippen LogP contribution in [0.1, 0.15) is 53.9 Å². The summed E-state index contributed by atoms with van der Waals surface area (Å²) in [4.78, 5) is 15.9. The first-order chi connectivity index (χ1) is 13.2. The zero-order valence-corrected chi connectivity index (χ0v) is 15.9. The zero-order valence-electron chi connectivity index (χ0n) is 15.9. The Bertz CT molecular complexity index is 870. The molecule has 1 fully saturated rings. The third-order valence-corrected chi connectivity index (χ3v) is 5.78. The molecular weight excluding hydrogens is 338 g/mol. The number of hydrogen-bond donors (Lipinski definition) is 0. The van der Waals surface area contributed by atoms with Gasteiger partial charge < -0.3 is 14.3 Å². The topological polar surface area (TPSA) is 47.9 Å². The molecule has 1 heterocycles. The number of aliphatic imine (C=N–C) groups is 1. The number of methoxy groups -OCH3 is 2. The summed E-state index contributed by atoms with van der Waals surface area (Å²) in [6.45, 7) is 0. The lowest BCUT2D eigenvalue weighted by molar-refractivity contribution is -0.107. The fraction of sp³-hybridized carbons (Fsp3) is 0.391. The second-order valence-electron chi connectivity index (χ2n) is 7.30. The molecule has 0 amide bonds. The second kappa shape index (κ2) is 7.55. The molecule has 2 aliphatic rings. The first-order valence-electron chi connectivity index (χ1n) is 9.62. The van der Waals surface area contributed by atoms with E-state index in [2.05, 4.69) is 24.3 Å². The SMILES string of the molecule is COc1cc2c(cc1OC)[C@H]1CCCC[C@H]1N=C2c1ccc(CC=O)cc1. The Morgan fingerprint density at radius 3 is 2.44 bits per heavy atom. The van der Waals surface area contributed by atoms with Crippen molar-refractivity contribution >= 4 is 12.0 Å². The first-order valence-corrected chi connectivity index (χ1v) is 9.62. The van der Waals surface area contributed by atoms with Crippen LogP contribution in [-0.2, 0) is 11.2 Å². The highest BCUT2D eigenvalue weighted by Gasteiger charge is 2.34. The van der Waals surface area contributed by atoms with Crippen LogP contribution in [0.25, 0.3) is 0 Å². The summed E-state index contributed by atoms with van der Waals surface area (Å²) in [6.07, 6.45) is 6.16. The summed E-state index contributed by atoms with van der Waals surface area (Å²) in [5.74, 6) is 1.96. The molecule has 1 saturated carbocycles. The molecule has 1 aliphatic heterocycles. The van der Waals surface area contributed by atoms with E-state index in [0.717, 1.165) is 46.6 Å². The Morgan fingerprint density at radius 2 is 1.74 bits per heavy atom. The van der Waals surface area contributed by atoms with Gasteiger partial charge in [0.1, 0.15) is 6.29 Å². The van der Waals surface area contributed by atoms with Gasteiger partial charge in [0.25, 0.3) is 0 Å². The van der Waals surface area contributed by atoms with Crippen molar-refractivity contribution in [2.75, 3.05) is 14.2 Å². The number of fused-ring (bicyclic) bond motifs is 3. The third-order valence-electron chi connectivity index (χ3n) is 5.78. The lowest BCUT2D eigenvalue weighted by atomic mass is 9.75. The van der Waals surface area contributed by atoms with Gasteiger partial charge in [-0.2, -0.15) is 0 Å². The highest BCUT2D eigenvalue weighted by atomic mass is 16.5. The van der Waals surface area contributed by atoms with E-state index in [-0.39, 0.29) is 0 Å². The van der Waals surface area contributed by atoms with Crippen LogP contribution >= 0.6 is 0 Å². The third kappa shape index (κ3) is 3.25. The average Bonchev–Trinajstić information content (AvgIpc) is 2.73. The van der Waals surface area contributed by atoms with Gasteiger partial charge in [0.15, 0.2) is 11.5 Å². The van der Waals surface area contributed by atoms with E-state index in [1.807, 2.05) is 12.1 Å². The number of carbonyl (C=O) groups is 1. The monoisotopic (exact) mass is 363 g/mol. The van der Waals surface area contributed by atoms with E-state index < -0.39 is 0 Å². The smallest absolute Gasteiger partial charge is 0.161 e.